The fraction of sp³-hybridized carbons (Fsp3) is 0.333. The van der Waals surface area contributed by atoms with E-state index in [1.54, 1.807) is 12.1 Å². The first-order valence-electron chi connectivity index (χ1n) is 5.18. The maximum atomic E-state index is 12.1. The Bertz CT molecular complexity index is 504. The van der Waals surface area contributed by atoms with Crippen LogP contribution in [0, 0.1) is 0 Å². The van der Waals surface area contributed by atoms with Crippen LogP contribution in [0.15, 0.2) is 29.6 Å². The van der Waals surface area contributed by atoms with Crippen LogP contribution in [0.5, 0.6) is 0 Å². The van der Waals surface area contributed by atoms with E-state index in [4.69, 9.17) is 0 Å². The fourth-order valence-corrected chi connectivity index (χ4v) is 2.70. The number of halogens is 3. The number of alkyl halides is 3. The highest BCUT2D eigenvalue weighted by Gasteiger charge is 2.28. The molecule has 17 heavy (non-hydrogen) atoms. The first-order chi connectivity index (χ1) is 7.97. The van der Waals surface area contributed by atoms with Crippen molar-refractivity contribution in [2.45, 2.75) is 25.1 Å². The summed E-state index contributed by atoms with van der Waals surface area (Å²) in [4.78, 5) is 0. The molecule has 1 nitrogen and oxygen atoms in total. The highest BCUT2D eigenvalue weighted by molar-refractivity contribution is 7.17. The van der Waals surface area contributed by atoms with E-state index < -0.39 is 18.7 Å². The van der Waals surface area contributed by atoms with Gasteiger partial charge >= 0.3 is 6.18 Å². The highest BCUT2D eigenvalue weighted by atomic mass is 32.1. The van der Waals surface area contributed by atoms with Crippen LogP contribution < -0.4 is 0 Å². The molecule has 1 aromatic carbocycles. The largest absolute Gasteiger partial charge is 0.389 e. The van der Waals surface area contributed by atoms with Gasteiger partial charge < -0.3 is 5.11 Å². The number of aliphatic hydroxyl groups excluding tert-OH is 1. The third-order valence-electron chi connectivity index (χ3n) is 2.57. The summed E-state index contributed by atoms with van der Waals surface area (Å²) in [5, 5.41) is 12.6. The summed E-state index contributed by atoms with van der Waals surface area (Å²) in [7, 11) is 0. The van der Waals surface area contributed by atoms with Crippen molar-refractivity contribution in [2.24, 2.45) is 0 Å². The predicted molar refractivity (Wildman–Crippen MR) is 62.1 cm³/mol. The predicted octanol–water partition coefficient (Wildman–Crippen LogP) is 4.28. The third-order valence-corrected chi connectivity index (χ3v) is 3.55. The lowest BCUT2D eigenvalue weighted by Gasteiger charge is -2.13. The molecule has 92 valence electrons. The van der Waals surface area contributed by atoms with Crippen LogP contribution >= 0.6 is 11.3 Å². The number of rotatable bonds is 3. The smallest absolute Gasteiger partial charge is 0.388 e. The average Bonchev–Trinajstić information content (AvgIpc) is 2.72. The van der Waals surface area contributed by atoms with Crippen LogP contribution in [0.3, 0.4) is 0 Å². The summed E-state index contributed by atoms with van der Waals surface area (Å²) >= 11 is 1.43. The maximum Gasteiger partial charge on any atom is 0.389 e. The van der Waals surface area contributed by atoms with Crippen LogP contribution in [0.25, 0.3) is 10.1 Å². The van der Waals surface area contributed by atoms with E-state index in [2.05, 4.69) is 0 Å². The van der Waals surface area contributed by atoms with E-state index in [-0.39, 0.29) is 6.42 Å². The molecular weight excluding hydrogens is 249 g/mol. The Labute approximate surface area is 101 Å². The Kier molecular flexibility index (Phi) is 3.40. The van der Waals surface area contributed by atoms with Crippen LogP contribution in [0.2, 0.25) is 0 Å². The number of thiophene rings is 1. The summed E-state index contributed by atoms with van der Waals surface area (Å²) in [6, 6.07) is 7.20. The number of fused-ring (bicyclic) bond motifs is 1. The molecule has 0 spiro atoms. The van der Waals surface area contributed by atoms with Gasteiger partial charge in [-0.05, 0) is 28.8 Å². The highest BCUT2D eigenvalue weighted by Crippen LogP contribution is 2.33. The lowest BCUT2D eigenvalue weighted by molar-refractivity contribution is -0.140. The molecule has 1 N–H and O–H groups in total. The Morgan fingerprint density at radius 1 is 1.24 bits per heavy atom. The van der Waals surface area contributed by atoms with E-state index in [0.29, 0.717) is 5.56 Å². The van der Waals surface area contributed by atoms with Gasteiger partial charge in [-0.25, -0.2) is 0 Å². The molecule has 0 aliphatic heterocycles. The van der Waals surface area contributed by atoms with Gasteiger partial charge in [0.05, 0.1) is 6.10 Å². The Hall–Kier alpha value is -1.07. The standard InChI is InChI=1S/C12H11F3OS/c13-12(14,15)6-4-10(16)9-3-1-2-8-5-7-17-11(8)9/h1-3,5,7,10,16H,4,6H2. The summed E-state index contributed by atoms with van der Waals surface area (Å²) in [5.74, 6) is 0. The SMILES string of the molecule is OC(CCC(F)(F)F)c1cccc2ccsc12. The zero-order valence-electron chi connectivity index (χ0n) is 8.87. The zero-order valence-corrected chi connectivity index (χ0v) is 9.68. The Balaban J connectivity index is 2.19. The molecule has 1 unspecified atom stereocenters. The third kappa shape index (κ3) is 2.98. The molecular formula is C12H11F3OS. The van der Waals surface area contributed by atoms with Crippen molar-refractivity contribution in [1.29, 1.82) is 0 Å². The van der Waals surface area contributed by atoms with Gasteiger partial charge in [0.15, 0.2) is 0 Å². The fourth-order valence-electron chi connectivity index (χ4n) is 1.73. The van der Waals surface area contributed by atoms with Crippen molar-refractivity contribution < 1.29 is 18.3 Å². The lowest BCUT2D eigenvalue weighted by Crippen LogP contribution is -2.10. The van der Waals surface area contributed by atoms with Crippen molar-refractivity contribution in [3.05, 3.63) is 35.2 Å². The first kappa shape index (κ1) is 12.4. The van der Waals surface area contributed by atoms with Crippen molar-refractivity contribution in [3.8, 4) is 0 Å². The van der Waals surface area contributed by atoms with E-state index in [0.717, 1.165) is 10.1 Å². The maximum absolute atomic E-state index is 12.1. The summed E-state index contributed by atoms with van der Waals surface area (Å²) in [6.07, 6.45) is -6.53. The summed E-state index contributed by atoms with van der Waals surface area (Å²) in [6.45, 7) is 0. The molecule has 0 aliphatic rings. The van der Waals surface area contributed by atoms with Gasteiger partial charge in [-0.15, -0.1) is 11.3 Å². The second kappa shape index (κ2) is 4.66. The Morgan fingerprint density at radius 2 is 2.00 bits per heavy atom. The summed E-state index contributed by atoms with van der Waals surface area (Å²) in [5.41, 5.74) is 0.585. The Morgan fingerprint density at radius 3 is 2.71 bits per heavy atom. The van der Waals surface area contributed by atoms with Gasteiger partial charge in [0.2, 0.25) is 0 Å². The molecule has 0 saturated carbocycles. The van der Waals surface area contributed by atoms with Crippen LogP contribution in [-0.4, -0.2) is 11.3 Å². The van der Waals surface area contributed by atoms with Crippen LogP contribution in [0.4, 0.5) is 13.2 Å². The monoisotopic (exact) mass is 260 g/mol. The van der Waals surface area contributed by atoms with Gasteiger partial charge in [-0.1, -0.05) is 18.2 Å². The van der Waals surface area contributed by atoms with Gasteiger partial charge in [0.1, 0.15) is 0 Å². The second-order valence-corrected chi connectivity index (χ2v) is 4.77. The zero-order chi connectivity index (χ0) is 12.5. The van der Waals surface area contributed by atoms with E-state index in [9.17, 15) is 18.3 Å². The number of hydrogen-bond donors (Lipinski definition) is 1. The minimum Gasteiger partial charge on any atom is -0.388 e. The van der Waals surface area contributed by atoms with Crippen LogP contribution in [-0.2, 0) is 0 Å². The molecule has 0 bridgehead atoms. The normalized spacial score (nSPS) is 14.1. The topological polar surface area (TPSA) is 20.2 Å². The molecule has 0 amide bonds. The minimum absolute atomic E-state index is 0.291. The van der Waals surface area contributed by atoms with E-state index in [1.807, 2.05) is 17.5 Å². The number of aliphatic hydroxyl groups is 1. The van der Waals surface area contributed by atoms with Crippen molar-refractivity contribution in [1.82, 2.24) is 0 Å². The minimum atomic E-state index is -4.22. The molecule has 5 heteroatoms. The molecule has 0 aliphatic carbocycles. The molecule has 0 saturated heterocycles. The molecule has 1 atom stereocenters. The number of benzene rings is 1. The average molecular weight is 260 g/mol. The van der Waals surface area contributed by atoms with E-state index in [1.165, 1.54) is 11.3 Å². The molecule has 2 aromatic rings. The molecule has 0 fully saturated rings. The molecule has 2 rings (SSSR count). The van der Waals surface area contributed by atoms with Crippen LogP contribution in [0.1, 0.15) is 24.5 Å². The van der Waals surface area contributed by atoms with Gasteiger partial charge in [0.25, 0.3) is 0 Å². The van der Waals surface area contributed by atoms with E-state index >= 15 is 0 Å². The molecule has 1 aromatic heterocycles. The lowest BCUT2D eigenvalue weighted by atomic mass is 10.0. The van der Waals surface area contributed by atoms with Gasteiger partial charge in [-0.3, -0.25) is 0 Å². The number of hydrogen-bond acceptors (Lipinski definition) is 2. The summed E-state index contributed by atoms with van der Waals surface area (Å²) < 4.78 is 37.1. The van der Waals surface area contributed by atoms with Crippen molar-refractivity contribution in [3.63, 3.8) is 0 Å². The second-order valence-electron chi connectivity index (χ2n) is 3.86. The van der Waals surface area contributed by atoms with Crippen molar-refractivity contribution >= 4 is 21.4 Å². The molecule has 0 radical (unpaired) electrons. The van der Waals surface area contributed by atoms with Crippen molar-refractivity contribution in [2.75, 3.05) is 0 Å². The van der Waals surface area contributed by atoms with Gasteiger partial charge in [0, 0.05) is 11.1 Å². The van der Waals surface area contributed by atoms with Gasteiger partial charge in [-0.2, -0.15) is 13.2 Å². The quantitative estimate of drug-likeness (QED) is 0.873. The first-order valence-corrected chi connectivity index (χ1v) is 6.06. The molecule has 1 heterocycles.